The summed E-state index contributed by atoms with van der Waals surface area (Å²) >= 11 is 0. The summed E-state index contributed by atoms with van der Waals surface area (Å²) in [6, 6.07) is 2.39. The van der Waals surface area contributed by atoms with Gasteiger partial charge in [-0.05, 0) is 17.6 Å². The molecule has 0 fully saturated rings. The van der Waals surface area contributed by atoms with Crippen molar-refractivity contribution in [2.75, 3.05) is 0 Å². The molecule has 2 N–H and O–H groups in total. The van der Waals surface area contributed by atoms with Crippen LogP contribution in [0.3, 0.4) is 0 Å². The maximum atomic E-state index is 12.5. The van der Waals surface area contributed by atoms with Crippen molar-refractivity contribution >= 4 is 12.6 Å². The summed E-state index contributed by atoms with van der Waals surface area (Å²) in [5, 5.41) is 17.3. The van der Waals surface area contributed by atoms with E-state index in [1.54, 1.807) is 0 Å². The van der Waals surface area contributed by atoms with Gasteiger partial charge in [0, 0.05) is 5.56 Å². The molecule has 0 amide bonds. The van der Waals surface area contributed by atoms with Gasteiger partial charge in [-0.2, -0.15) is 0 Å². The molecule has 70 valence electrons. The topological polar surface area (TPSA) is 40.5 Å². The molecular formula is C7H6BF3O2. The molecule has 0 unspecified atom stereocenters. The fourth-order valence-corrected chi connectivity index (χ4v) is 0.970. The molecule has 6 heteroatoms. The summed E-state index contributed by atoms with van der Waals surface area (Å²) in [6.07, 6.45) is -2.92. The van der Waals surface area contributed by atoms with E-state index in [1.807, 2.05) is 0 Å². The second-order valence-electron chi connectivity index (χ2n) is 2.45. The van der Waals surface area contributed by atoms with Crippen LogP contribution in [-0.2, 0) is 0 Å². The number of hydrogen-bond acceptors (Lipinski definition) is 2. The zero-order valence-electron chi connectivity index (χ0n) is 6.42. The first-order chi connectivity index (χ1) is 6.02. The summed E-state index contributed by atoms with van der Waals surface area (Å²) in [4.78, 5) is 0. The largest absolute Gasteiger partial charge is 0.488 e. The standard InChI is InChI=1S/C7H6BF3O2/c9-4-1-2-6(8(12)13)5(3-4)7(10)11/h1-3,7,12-13H. The van der Waals surface area contributed by atoms with Crippen molar-refractivity contribution in [3.63, 3.8) is 0 Å². The average molecular weight is 190 g/mol. The highest BCUT2D eigenvalue weighted by atomic mass is 19.3. The maximum absolute atomic E-state index is 12.5. The van der Waals surface area contributed by atoms with Gasteiger partial charge >= 0.3 is 7.12 Å². The van der Waals surface area contributed by atoms with Gasteiger partial charge < -0.3 is 10.0 Å². The van der Waals surface area contributed by atoms with E-state index in [0.29, 0.717) is 6.07 Å². The number of hydrogen-bond donors (Lipinski definition) is 2. The maximum Gasteiger partial charge on any atom is 0.488 e. The second-order valence-corrected chi connectivity index (χ2v) is 2.45. The van der Waals surface area contributed by atoms with Crippen molar-refractivity contribution in [2.24, 2.45) is 0 Å². The van der Waals surface area contributed by atoms with Crippen LogP contribution in [0, 0.1) is 5.82 Å². The molecule has 2 nitrogen and oxygen atoms in total. The van der Waals surface area contributed by atoms with Gasteiger partial charge in [-0.15, -0.1) is 0 Å². The Labute approximate surface area is 72.8 Å². The van der Waals surface area contributed by atoms with Crippen LogP contribution < -0.4 is 5.46 Å². The van der Waals surface area contributed by atoms with Crippen molar-refractivity contribution in [2.45, 2.75) is 6.43 Å². The molecule has 1 aromatic carbocycles. The van der Waals surface area contributed by atoms with E-state index < -0.39 is 24.9 Å². The molecule has 0 bridgehead atoms. The highest BCUT2D eigenvalue weighted by molar-refractivity contribution is 6.59. The lowest BCUT2D eigenvalue weighted by molar-refractivity contribution is 0.151. The number of benzene rings is 1. The summed E-state index contributed by atoms with van der Waals surface area (Å²) in [7, 11) is -2.01. The molecule has 0 heterocycles. The Bertz CT molecular complexity index is 304. The molecule has 0 aromatic heterocycles. The van der Waals surface area contributed by atoms with Gasteiger partial charge in [0.25, 0.3) is 6.43 Å². The summed E-state index contributed by atoms with van der Waals surface area (Å²) in [5.74, 6) is -0.834. The van der Waals surface area contributed by atoms with Gasteiger partial charge in [0.05, 0.1) is 0 Å². The zero-order valence-corrected chi connectivity index (χ0v) is 6.42. The lowest BCUT2D eigenvalue weighted by Gasteiger charge is -2.07. The molecule has 13 heavy (non-hydrogen) atoms. The smallest absolute Gasteiger partial charge is 0.423 e. The van der Waals surface area contributed by atoms with Crippen molar-refractivity contribution in [3.8, 4) is 0 Å². The van der Waals surface area contributed by atoms with Crippen LogP contribution in [0.15, 0.2) is 18.2 Å². The number of halogens is 3. The van der Waals surface area contributed by atoms with E-state index in [0.717, 1.165) is 12.1 Å². The van der Waals surface area contributed by atoms with Crippen molar-refractivity contribution < 1.29 is 23.2 Å². The van der Waals surface area contributed by atoms with Crippen LogP contribution in [-0.4, -0.2) is 17.2 Å². The van der Waals surface area contributed by atoms with E-state index in [4.69, 9.17) is 10.0 Å². The molecular weight excluding hydrogens is 184 g/mol. The number of rotatable bonds is 2. The molecule has 1 aromatic rings. The summed E-state index contributed by atoms with van der Waals surface area (Å²) in [5.41, 5.74) is -1.08. The first-order valence-corrected chi connectivity index (χ1v) is 3.46. The van der Waals surface area contributed by atoms with Crippen molar-refractivity contribution in [1.82, 2.24) is 0 Å². The van der Waals surface area contributed by atoms with Gasteiger partial charge in [-0.1, -0.05) is 6.07 Å². The lowest BCUT2D eigenvalue weighted by atomic mass is 9.77. The Balaban J connectivity index is 3.19. The minimum Gasteiger partial charge on any atom is -0.423 e. The Hall–Kier alpha value is -1.01. The minimum absolute atomic E-state index is 0.378. The van der Waals surface area contributed by atoms with Crippen LogP contribution in [0.1, 0.15) is 12.0 Å². The predicted molar refractivity (Wildman–Crippen MR) is 41.2 cm³/mol. The molecule has 0 aliphatic carbocycles. The first-order valence-electron chi connectivity index (χ1n) is 3.46. The molecule has 0 saturated carbocycles. The SMILES string of the molecule is OB(O)c1ccc(F)cc1C(F)F. The van der Waals surface area contributed by atoms with Crippen LogP contribution in [0.2, 0.25) is 0 Å². The molecule has 0 aliphatic rings. The molecule has 0 saturated heterocycles. The fraction of sp³-hybridized carbons (Fsp3) is 0.143. The molecule has 1 rings (SSSR count). The van der Waals surface area contributed by atoms with Gasteiger partial charge in [-0.25, -0.2) is 13.2 Å². The molecule has 0 aliphatic heterocycles. The van der Waals surface area contributed by atoms with Gasteiger partial charge in [-0.3, -0.25) is 0 Å². The van der Waals surface area contributed by atoms with E-state index in [9.17, 15) is 13.2 Å². The van der Waals surface area contributed by atoms with Crippen LogP contribution in [0.4, 0.5) is 13.2 Å². The monoisotopic (exact) mass is 190 g/mol. The minimum atomic E-state index is -2.92. The Morgan fingerprint density at radius 1 is 1.23 bits per heavy atom. The highest BCUT2D eigenvalue weighted by Gasteiger charge is 2.21. The lowest BCUT2D eigenvalue weighted by Crippen LogP contribution is -2.33. The van der Waals surface area contributed by atoms with Crippen molar-refractivity contribution in [1.29, 1.82) is 0 Å². The van der Waals surface area contributed by atoms with E-state index in [1.165, 1.54) is 0 Å². The van der Waals surface area contributed by atoms with Gasteiger partial charge in [0.15, 0.2) is 0 Å². The summed E-state index contributed by atoms with van der Waals surface area (Å²) in [6.45, 7) is 0. The van der Waals surface area contributed by atoms with E-state index in [2.05, 4.69) is 0 Å². The quantitative estimate of drug-likeness (QED) is 0.664. The Morgan fingerprint density at radius 2 is 1.85 bits per heavy atom. The van der Waals surface area contributed by atoms with Crippen LogP contribution in [0.5, 0.6) is 0 Å². The average Bonchev–Trinajstić information content (AvgIpc) is 2.03. The summed E-state index contributed by atoms with van der Waals surface area (Å²) < 4.78 is 36.8. The van der Waals surface area contributed by atoms with Gasteiger partial charge in [0.2, 0.25) is 0 Å². The van der Waals surface area contributed by atoms with E-state index >= 15 is 0 Å². The zero-order chi connectivity index (χ0) is 10.0. The van der Waals surface area contributed by atoms with Crippen LogP contribution >= 0.6 is 0 Å². The number of alkyl halides is 2. The molecule has 0 atom stereocenters. The highest BCUT2D eigenvalue weighted by Crippen LogP contribution is 2.17. The normalized spacial score (nSPS) is 10.6. The Morgan fingerprint density at radius 3 is 2.31 bits per heavy atom. The fourth-order valence-electron chi connectivity index (χ4n) is 0.970. The Kier molecular flexibility index (Phi) is 2.95. The predicted octanol–water partition coefficient (Wildman–Crippen LogP) is 0.443. The third-order valence-electron chi connectivity index (χ3n) is 1.56. The van der Waals surface area contributed by atoms with Crippen molar-refractivity contribution in [3.05, 3.63) is 29.6 Å². The van der Waals surface area contributed by atoms with E-state index in [-0.39, 0.29) is 5.46 Å². The van der Waals surface area contributed by atoms with Gasteiger partial charge in [0.1, 0.15) is 5.82 Å². The van der Waals surface area contributed by atoms with Crippen LogP contribution in [0.25, 0.3) is 0 Å². The second kappa shape index (κ2) is 3.80. The first kappa shape index (κ1) is 10.1. The molecule has 0 radical (unpaired) electrons. The molecule has 0 spiro atoms. The third-order valence-corrected chi connectivity index (χ3v) is 1.56. The third kappa shape index (κ3) is 2.23.